The van der Waals surface area contributed by atoms with Crippen molar-refractivity contribution in [2.24, 2.45) is 0 Å². The number of benzene rings is 2. The lowest BCUT2D eigenvalue weighted by atomic mass is 9.76. The van der Waals surface area contributed by atoms with Crippen LogP contribution in [0.5, 0.6) is 5.75 Å². The summed E-state index contributed by atoms with van der Waals surface area (Å²) in [5, 5.41) is 11.1. The summed E-state index contributed by atoms with van der Waals surface area (Å²) in [5.74, 6) is 0.415. The Bertz CT molecular complexity index is 922. The smallest absolute Gasteiger partial charge is 0.497 e. The average molecular weight is 422 g/mol. The Morgan fingerprint density at radius 3 is 1.97 bits per heavy atom. The second-order valence-electron chi connectivity index (χ2n) is 8.70. The molecule has 1 unspecified atom stereocenters. The Morgan fingerprint density at radius 2 is 1.43 bits per heavy atom. The zero-order chi connectivity index (χ0) is 22.5. The minimum Gasteiger partial charge on any atom is -0.497 e. The van der Waals surface area contributed by atoms with Crippen molar-refractivity contribution >= 4 is 12.6 Å². The third kappa shape index (κ3) is 3.96. The van der Waals surface area contributed by atoms with Crippen LogP contribution >= 0.6 is 0 Å². The predicted octanol–water partition coefficient (Wildman–Crippen LogP) is 4.27. The van der Waals surface area contributed by atoms with Crippen LogP contribution in [0.3, 0.4) is 0 Å². The van der Waals surface area contributed by atoms with Crippen LogP contribution in [-0.2, 0) is 21.1 Å². The largest absolute Gasteiger partial charge is 0.498 e. The number of alkyl halides is 3. The zero-order valence-electron chi connectivity index (χ0n) is 17.9. The molecular weight excluding hydrogens is 396 g/mol. The third-order valence-electron chi connectivity index (χ3n) is 6.05. The van der Waals surface area contributed by atoms with E-state index in [1.165, 1.54) is 26.2 Å². The fourth-order valence-corrected chi connectivity index (χ4v) is 3.34. The van der Waals surface area contributed by atoms with E-state index in [4.69, 9.17) is 14.0 Å². The molecule has 3 rings (SSSR count). The molecule has 1 aliphatic rings. The van der Waals surface area contributed by atoms with Gasteiger partial charge >= 0.3 is 13.3 Å². The first kappa shape index (κ1) is 22.7. The van der Waals surface area contributed by atoms with Crippen LogP contribution in [0, 0.1) is 0 Å². The second kappa shape index (κ2) is 7.29. The van der Waals surface area contributed by atoms with Gasteiger partial charge in [0, 0.05) is 5.46 Å². The molecule has 0 saturated carbocycles. The van der Waals surface area contributed by atoms with Crippen molar-refractivity contribution in [2.45, 2.75) is 57.6 Å². The van der Waals surface area contributed by atoms with Gasteiger partial charge in [0.25, 0.3) is 0 Å². The first-order valence-corrected chi connectivity index (χ1v) is 9.63. The summed E-state index contributed by atoms with van der Waals surface area (Å²) in [6, 6.07) is 9.62. The number of hydrogen-bond acceptors (Lipinski definition) is 4. The van der Waals surface area contributed by atoms with E-state index >= 15 is 0 Å². The lowest BCUT2D eigenvalue weighted by Gasteiger charge is -2.32. The highest BCUT2D eigenvalue weighted by Crippen LogP contribution is 2.39. The van der Waals surface area contributed by atoms with Crippen LogP contribution in [0.1, 0.15) is 51.3 Å². The maximum absolute atomic E-state index is 13.1. The molecule has 0 aliphatic carbocycles. The Hall–Kier alpha value is -2.03. The number of rotatable bonds is 4. The summed E-state index contributed by atoms with van der Waals surface area (Å²) in [6.07, 6.45) is -4.50. The number of aliphatic hydroxyl groups is 1. The monoisotopic (exact) mass is 422 g/mol. The van der Waals surface area contributed by atoms with Gasteiger partial charge in [0.1, 0.15) is 11.4 Å². The van der Waals surface area contributed by atoms with Crippen LogP contribution in [0.15, 0.2) is 42.5 Å². The summed E-state index contributed by atoms with van der Waals surface area (Å²) < 4.78 is 56.9. The average Bonchev–Trinajstić information content (AvgIpc) is 2.87. The van der Waals surface area contributed by atoms with Gasteiger partial charge in [-0.3, -0.25) is 0 Å². The van der Waals surface area contributed by atoms with Crippen molar-refractivity contribution in [3.63, 3.8) is 0 Å². The Labute approximate surface area is 175 Å². The van der Waals surface area contributed by atoms with E-state index < -0.39 is 35.7 Å². The van der Waals surface area contributed by atoms with Crippen LogP contribution in [0.2, 0.25) is 0 Å². The Kier molecular flexibility index (Phi) is 5.50. The first-order valence-electron chi connectivity index (χ1n) is 9.63. The van der Waals surface area contributed by atoms with Gasteiger partial charge < -0.3 is 19.2 Å². The van der Waals surface area contributed by atoms with Gasteiger partial charge in [-0.25, -0.2) is 0 Å². The summed E-state index contributed by atoms with van der Waals surface area (Å²) in [6.45, 7) is 9.20. The summed E-state index contributed by atoms with van der Waals surface area (Å²) in [4.78, 5) is 0. The van der Waals surface area contributed by atoms with E-state index in [-0.39, 0.29) is 5.56 Å². The molecule has 4 nitrogen and oxygen atoms in total. The second-order valence-corrected chi connectivity index (χ2v) is 8.70. The minimum absolute atomic E-state index is 0.128. The molecule has 1 heterocycles. The molecule has 2 aromatic rings. The lowest BCUT2D eigenvalue weighted by molar-refractivity contribution is -0.137. The summed E-state index contributed by atoms with van der Waals surface area (Å²) >= 11 is 0. The maximum atomic E-state index is 13.1. The SMILES string of the molecule is COc1cc(C(C)(O)c2cccc(C(F)(F)F)c2)ccc1B1OC(C)(C)C(C)(C)O1. The molecule has 2 aromatic carbocycles. The third-order valence-corrected chi connectivity index (χ3v) is 6.05. The van der Waals surface area contributed by atoms with Gasteiger partial charge in [-0.05, 0) is 63.9 Å². The van der Waals surface area contributed by atoms with Gasteiger partial charge in [0.15, 0.2) is 0 Å². The molecule has 1 fully saturated rings. The highest BCUT2D eigenvalue weighted by atomic mass is 19.4. The topological polar surface area (TPSA) is 47.9 Å². The molecule has 1 N–H and O–H groups in total. The molecule has 0 aromatic heterocycles. The molecule has 30 heavy (non-hydrogen) atoms. The van der Waals surface area contributed by atoms with E-state index in [0.717, 1.165) is 12.1 Å². The quantitative estimate of drug-likeness (QED) is 0.748. The Balaban J connectivity index is 1.99. The van der Waals surface area contributed by atoms with Crippen LogP contribution in [-0.4, -0.2) is 30.5 Å². The molecule has 1 aliphatic heterocycles. The molecule has 1 saturated heterocycles. The first-order chi connectivity index (χ1) is 13.7. The molecule has 1 atom stereocenters. The molecule has 8 heteroatoms. The van der Waals surface area contributed by atoms with Crippen molar-refractivity contribution in [1.82, 2.24) is 0 Å². The molecule has 0 radical (unpaired) electrons. The van der Waals surface area contributed by atoms with Crippen molar-refractivity contribution in [3.8, 4) is 5.75 Å². The zero-order valence-corrected chi connectivity index (χ0v) is 17.9. The van der Waals surface area contributed by atoms with Crippen molar-refractivity contribution in [3.05, 3.63) is 59.2 Å². The van der Waals surface area contributed by atoms with E-state index in [1.54, 1.807) is 18.2 Å². The van der Waals surface area contributed by atoms with E-state index in [1.807, 2.05) is 27.7 Å². The predicted molar refractivity (Wildman–Crippen MR) is 109 cm³/mol. The van der Waals surface area contributed by atoms with E-state index in [9.17, 15) is 18.3 Å². The number of ether oxygens (including phenoxy) is 1. The maximum Gasteiger partial charge on any atom is 0.498 e. The van der Waals surface area contributed by atoms with Gasteiger partial charge in [-0.15, -0.1) is 0 Å². The molecule has 0 amide bonds. The van der Waals surface area contributed by atoms with Crippen molar-refractivity contribution in [2.75, 3.05) is 7.11 Å². The minimum atomic E-state index is -4.50. The fourth-order valence-electron chi connectivity index (χ4n) is 3.34. The van der Waals surface area contributed by atoms with Crippen molar-refractivity contribution < 1.29 is 32.3 Å². The lowest BCUT2D eigenvalue weighted by Crippen LogP contribution is -2.41. The van der Waals surface area contributed by atoms with Gasteiger partial charge in [-0.1, -0.05) is 24.3 Å². The van der Waals surface area contributed by atoms with E-state index in [2.05, 4.69) is 0 Å². The van der Waals surface area contributed by atoms with Gasteiger partial charge in [-0.2, -0.15) is 13.2 Å². The highest BCUT2D eigenvalue weighted by Gasteiger charge is 2.52. The number of methoxy groups -OCH3 is 1. The van der Waals surface area contributed by atoms with Crippen LogP contribution in [0.4, 0.5) is 13.2 Å². The number of halogens is 3. The molecular formula is C22H26BF3O4. The van der Waals surface area contributed by atoms with Gasteiger partial charge in [0.05, 0.1) is 23.9 Å². The molecule has 162 valence electrons. The van der Waals surface area contributed by atoms with Crippen LogP contribution in [0.25, 0.3) is 0 Å². The summed E-state index contributed by atoms with van der Waals surface area (Å²) in [7, 11) is 0.810. The van der Waals surface area contributed by atoms with Gasteiger partial charge in [0.2, 0.25) is 0 Å². The standard InChI is InChI=1S/C22H26BF3O4/c1-19(2)20(3,4)30-23(29-19)17-11-10-15(13-18(17)28-6)21(5,27)14-8-7-9-16(12-14)22(24,25)26/h7-13,27H,1-6H3. The Morgan fingerprint density at radius 1 is 0.900 bits per heavy atom. The summed E-state index contributed by atoms with van der Waals surface area (Å²) in [5.41, 5.74) is -2.40. The molecule has 0 spiro atoms. The fraction of sp³-hybridized carbons (Fsp3) is 0.455. The van der Waals surface area contributed by atoms with E-state index in [0.29, 0.717) is 16.8 Å². The van der Waals surface area contributed by atoms with Crippen LogP contribution < -0.4 is 10.2 Å². The number of hydrogen-bond donors (Lipinski definition) is 1. The normalized spacial score (nSPS) is 20.1. The molecule has 0 bridgehead atoms. The van der Waals surface area contributed by atoms with Crippen molar-refractivity contribution in [1.29, 1.82) is 0 Å². The highest BCUT2D eigenvalue weighted by molar-refractivity contribution is 6.63.